The Labute approximate surface area is 113 Å². The molecule has 0 amide bonds. The molecule has 0 aromatic heterocycles. The highest BCUT2D eigenvalue weighted by molar-refractivity contribution is 5.96. The summed E-state index contributed by atoms with van der Waals surface area (Å²) in [6, 6.07) is 5.40. The topological polar surface area (TPSA) is 44.8 Å². The van der Waals surface area contributed by atoms with E-state index in [9.17, 15) is 4.79 Å². The smallest absolute Gasteiger partial charge is 0.163 e. The molecule has 0 radical (unpaired) electrons. The van der Waals surface area contributed by atoms with Crippen LogP contribution < -0.4 is 9.47 Å². The van der Waals surface area contributed by atoms with Gasteiger partial charge in [-0.1, -0.05) is 0 Å². The number of hydrogen-bond acceptors (Lipinski definition) is 4. The monoisotopic (exact) mass is 264 g/mol. The molecule has 0 aliphatic carbocycles. The van der Waals surface area contributed by atoms with Crippen molar-refractivity contribution in [2.45, 2.75) is 26.2 Å². The van der Waals surface area contributed by atoms with Crippen molar-refractivity contribution >= 4 is 5.78 Å². The molecule has 0 fully saturated rings. The maximum absolute atomic E-state index is 12.0. The first-order valence-electron chi connectivity index (χ1n) is 6.82. The lowest BCUT2D eigenvalue weighted by atomic mass is 10.1. The summed E-state index contributed by atoms with van der Waals surface area (Å²) in [6.07, 6.45) is 2.12. The fourth-order valence-corrected chi connectivity index (χ4v) is 1.96. The van der Waals surface area contributed by atoms with Crippen molar-refractivity contribution in [3.63, 3.8) is 0 Å². The van der Waals surface area contributed by atoms with E-state index in [4.69, 9.17) is 14.2 Å². The van der Waals surface area contributed by atoms with Gasteiger partial charge in [0.05, 0.1) is 13.2 Å². The maximum Gasteiger partial charge on any atom is 0.163 e. The van der Waals surface area contributed by atoms with E-state index in [2.05, 4.69) is 0 Å². The zero-order chi connectivity index (χ0) is 13.5. The van der Waals surface area contributed by atoms with Gasteiger partial charge in [0.15, 0.2) is 17.3 Å². The van der Waals surface area contributed by atoms with Crippen molar-refractivity contribution in [3.8, 4) is 11.5 Å². The van der Waals surface area contributed by atoms with Crippen LogP contribution in [0.5, 0.6) is 11.5 Å². The second-order valence-corrected chi connectivity index (χ2v) is 4.44. The molecule has 0 saturated carbocycles. The molecule has 2 rings (SSSR count). The predicted octanol–water partition coefficient (Wildman–Crippen LogP) is 2.85. The molecule has 4 nitrogen and oxygen atoms in total. The minimum absolute atomic E-state index is 0.121. The molecule has 4 heteroatoms. The molecule has 1 aliphatic rings. The van der Waals surface area contributed by atoms with E-state index in [1.54, 1.807) is 12.1 Å². The molecule has 0 spiro atoms. The van der Waals surface area contributed by atoms with E-state index < -0.39 is 0 Å². The number of rotatable bonds is 6. The lowest BCUT2D eigenvalue weighted by Crippen LogP contribution is -2.03. The molecule has 0 saturated heterocycles. The van der Waals surface area contributed by atoms with E-state index in [1.165, 1.54) is 0 Å². The maximum atomic E-state index is 12.0. The summed E-state index contributed by atoms with van der Waals surface area (Å²) in [5, 5.41) is 0. The van der Waals surface area contributed by atoms with Crippen molar-refractivity contribution in [2.75, 3.05) is 26.4 Å². The van der Waals surface area contributed by atoms with Gasteiger partial charge in [0.25, 0.3) is 0 Å². The fourth-order valence-electron chi connectivity index (χ4n) is 1.96. The van der Waals surface area contributed by atoms with E-state index in [0.29, 0.717) is 44.2 Å². The Bertz CT molecular complexity index is 428. The van der Waals surface area contributed by atoms with Crippen LogP contribution in [0.4, 0.5) is 0 Å². The third-order valence-electron chi connectivity index (χ3n) is 2.97. The van der Waals surface area contributed by atoms with Gasteiger partial charge in [-0.3, -0.25) is 4.79 Å². The van der Waals surface area contributed by atoms with Crippen LogP contribution in [-0.2, 0) is 4.74 Å². The number of ether oxygens (including phenoxy) is 3. The molecule has 1 aromatic rings. The van der Waals surface area contributed by atoms with Crippen LogP contribution in [0.15, 0.2) is 18.2 Å². The molecule has 1 aliphatic heterocycles. The SMILES string of the molecule is CCOCCCC(=O)c1ccc2c(c1)OCCCO2. The summed E-state index contributed by atoms with van der Waals surface area (Å²) in [5.74, 6) is 1.52. The highest BCUT2D eigenvalue weighted by atomic mass is 16.5. The first kappa shape index (κ1) is 13.9. The van der Waals surface area contributed by atoms with Crippen molar-refractivity contribution in [1.82, 2.24) is 0 Å². The van der Waals surface area contributed by atoms with Crippen LogP contribution in [0.25, 0.3) is 0 Å². The Morgan fingerprint density at radius 3 is 2.84 bits per heavy atom. The first-order valence-corrected chi connectivity index (χ1v) is 6.82. The summed E-state index contributed by atoms with van der Waals surface area (Å²) in [6.45, 7) is 4.57. The average Bonchev–Trinajstić information content (AvgIpc) is 2.67. The third-order valence-corrected chi connectivity index (χ3v) is 2.97. The van der Waals surface area contributed by atoms with Gasteiger partial charge in [-0.15, -0.1) is 0 Å². The van der Waals surface area contributed by atoms with Crippen LogP contribution >= 0.6 is 0 Å². The minimum atomic E-state index is 0.121. The Hall–Kier alpha value is -1.55. The van der Waals surface area contributed by atoms with Gasteiger partial charge in [-0.2, -0.15) is 0 Å². The Morgan fingerprint density at radius 2 is 2.05 bits per heavy atom. The number of fused-ring (bicyclic) bond motifs is 1. The number of benzene rings is 1. The molecule has 0 N–H and O–H groups in total. The summed E-state index contributed by atoms with van der Waals surface area (Å²) in [4.78, 5) is 12.0. The van der Waals surface area contributed by atoms with Crippen LogP contribution in [0.2, 0.25) is 0 Å². The fraction of sp³-hybridized carbons (Fsp3) is 0.533. The summed E-state index contributed by atoms with van der Waals surface area (Å²) >= 11 is 0. The van der Waals surface area contributed by atoms with Gasteiger partial charge >= 0.3 is 0 Å². The van der Waals surface area contributed by atoms with Crippen molar-refractivity contribution < 1.29 is 19.0 Å². The van der Waals surface area contributed by atoms with E-state index in [-0.39, 0.29) is 5.78 Å². The molecule has 104 valence electrons. The molecule has 0 bridgehead atoms. The van der Waals surface area contributed by atoms with Gasteiger partial charge in [-0.05, 0) is 31.5 Å². The van der Waals surface area contributed by atoms with Gasteiger partial charge in [0.2, 0.25) is 0 Å². The number of ketones is 1. The molecular formula is C15H20O4. The van der Waals surface area contributed by atoms with E-state index in [0.717, 1.165) is 18.6 Å². The predicted molar refractivity (Wildman–Crippen MR) is 72.1 cm³/mol. The van der Waals surface area contributed by atoms with Crippen molar-refractivity contribution in [3.05, 3.63) is 23.8 Å². The first-order chi connectivity index (χ1) is 9.31. The van der Waals surface area contributed by atoms with Gasteiger partial charge in [-0.25, -0.2) is 0 Å². The summed E-state index contributed by atoms with van der Waals surface area (Å²) < 4.78 is 16.4. The van der Waals surface area contributed by atoms with Crippen LogP contribution in [0.1, 0.15) is 36.5 Å². The molecule has 1 heterocycles. The summed E-state index contributed by atoms with van der Waals surface area (Å²) in [5.41, 5.74) is 0.681. The number of hydrogen-bond donors (Lipinski definition) is 0. The lowest BCUT2D eigenvalue weighted by Gasteiger charge is -2.08. The Balaban J connectivity index is 1.96. The van der Waals surface area contributed by atoms with Crippen LogP contribution in [0, 0.1) is 0 Å². The number of carbonyl (C=O) groups excluding carboxylic acids is 1. The van der Waals surface area contributed by atoms with Crippen LogP contribution in [0.3, 0.4) is 0 Å². The van der Waals surface area contributed by atoms with Crippen molar-refractivity contribution in [1.29, 1.82) is 0 Å². The van der Waals surface area contributed by atoms with Crippen LogP contribution in [-0.4, -0.2) is 32.2 Å². The van der Waals surface area contributed by atoms with Gasteiger partial charge in [0, 0.05) is 31.6 Å². The van der Waals surface area contributed by atoms with E-state index in [1.807, 2.05) is 13.0 Å². The molecule has 19 heavy (non-hydrogen) atoms. The molecule has 0 unspecified atom stereocenters. The third kappa shape index (κ3) is 3.96. The standard InChI is InChI=1S/C15H20O4/c1-2-17-8-3-5-13(16)12-6-7-14-15(11-12)19-10-4-9-18-14/h6-7,11H,2-5,8-10H2,1H3. The van der Waals surface area contributed by atoms with Crippen molar-refractivity contribution in [2.24, 2.45) is 0 Å². The number of Topliss-reactive ketones (excluding diaryl/α,β-unsaturated/α-hetero) is 1. The zero-order valence-electron chi connectivity index (χ0n) is 11.3. The largest absolute Gasteiger partial charge is 0.490 e. The number of carbonyl (C=O) groups is 1. The van der Waals surface area contributed by atoms with Gasteiger partial charge in [0.1, 0.15) is 0 Å². The Morgan fingerprint density at radius 1 is 1.26 bits per heavy atom. The molecule has 0 atom stereocenters. The second kappa shape index (κ2) is 7.14. The Kier molecular flexibility index (Phi) is 5.21. The summed E-state index contributed by atoms with van der Waals surface area (Å²) in [7, 11) is 0. The normalized spacial score (nSPS) is 13.9. The lowest BCUT2D eigenvalue weighted by molar-refractivity contribution is 0.0946. The van der Waals surface area contributed by atoms with Gasteiger partial charge < -0.3 is 14.2 Å². The zero-order valence-corrected chi connectivity index (χ0v) is 11.3. The quantitative estimate of drug-likeness (QED) is 0.585. The highest BCUT2D eigenvalue weighted by Crippen LogP contribution is 2.30. The van der Waals surface area contributed by atoms with E-state index >= 15 is 0 Å². The molecular weight excluding hydrogens is 244 g/mol. The molecule has 1 aromatic carbocycles. The second-order valence-electron chi connectivity index (χ2n) is 4.44. The minimum Gasteiger partial charge on any atom is -0.490 e. The highest BCUT2D eigenvalue weighted by Gasteiger charge is 2.13. The average molecular weight is 264 g/mol.